The molecule has 2 aliphatic carbocycles. The lowest BCUT2D eigenvalue weighted by Gasteiger charge is -2.30. The number of nitrogens with zero attached hydrogens (tertiary/aromatic N) is 4. The van der Waals surface area contributed by atoms with Crippen LogP contribution in [0.2, 0.25) is 0 Å². The van der Waals surface area contributed by atoms with Crippen LogP contribution in [0.4, 0.5) is 5.82 Å². The molecule has 0 bridgehead atoms. The second-order valence-electron chi connectivity index (χ2n) is 8.04. The summed E-state index contributed by atoms with van der Waals surface area (Å²) < 4.78 is 1.94. The fourth-order valence-electron chi connectivity index (χ4n) is 3.78. The SMILES string of the molecule is CC1CCC(CN(C)C(=O)c2c(N(C)C=O)ncn2CC2CC2)CC1. The smallest absolute Gasteiger partial charge is 0.274 e. The summed E-state index contributed by atoms with van der Waals surface area (Å²) in [6.45, 7) is 3.91. The van der Waals surface area contributed by atoms with Crippen molar-refractivity contribution in [2.45, 2.75) is 52.0 Å². The van der Waals surface area contributed by atoms with Gasteiger partial charge in [-0.15, -0.1) is 0 Å². The molecule has 0 N–H and O–H groups in total. The summed E-state index contributed by atoms with van der Waals surface area (Å²) >= 11 is 0. The molecule has 0 aromatic carbocycles. The van der Waals surface area contributed by atoms with Gasteiger partial charge in [0.25, 0.3) is 5.91 Å². The first-order valence-corrected chi connectivity index (χ1v) is 9.48. The topological polar surface area (TPSA) is 58.4 Å². The zero-order chi connectivity index (χ0) is 18.0. The summed E-state index contributed by atoms with van der Waals surface area (Å²) in [4.78, 5) is 31.9. The number of carbonyl (C=O) groups is 2. The van der Waals surface area contributed by atoms with Crippen molar-refractivity contribution in [3.8, 4) is 0 Å². The summed E-state index contributed by atoms with van der Waals surface area (Å²) in [7, 11) is 3.52. The number of imidazole rings is 1. The molecule has 2 saturated carbocycles. The average Bonchev–Trinajstić information content (AvgIpc) is 3.33. The highest BCUT2D eigenvalue weighted by molar-refractivity contribution is 5.99. The van der Waals surface area contributed by atoms with Crippen molar-refractivity contribution >= 4 is 18.1 Å². The number of hydrogen-bond donors (Lipinski definition) is 0. The molecule has 0 unspecified atom stereocenters. The summed E-state index contributed by atoms with van der Waals surface area (Å²) in [6, 6.07) is 0. The van der Waals surface area contributed by atoms with Crippen LogP contribution >= 0.6 is 0 Å². The van der Waals surface area contributed by atoms with Crippen LogP contribution < -0.4 is 4.90 Å². The molecule has 1 heterocycles. The summed E-state index contributed by atoms with van der Waals surface area (Å²) in [6.07, 6.45) is 9.74. The highest BCUT2D eigenvalue weighted by atomic mass is 16.2. The van der Waals surface area contributed by atoms with Gasteiger partial charge in [-0.1, -0.05) is 19.8 Å². The standard InChI is InChI=1S/C19H30N4O2/c1-14-4-6-15(7-5-14)10-21(2)19(25)17-18(22(3)13-24)20-12-23(17)11-16-8-9-16/h12-16H,4-11H2,1-3H3. The molecule has 25 heavy (non-hydrogen) atoms. The van der Waals surface area contributed by atoms with Crippen molar-refractivity contribution in [3.63, 3.8) is 0 Å². The minimum atomic E-state index is -0.0273. The van der Waals surface area contributed by atoms with Crippen LogP contribution in [0.25, 0.3) is 0 Å². The summed E-state index contributed by atoms with van der Waals surface area (Å²) in [5.41, 5.74) is 0.549. The van der Waals surface area contributed by atoms with E-state index in [4.69, 9.17) is 0 Å². The van der Waals surface area contributed by atoms with Crippen molar-refractivity contribution in [3.05, 3.63) is 12.0 Å². The van der Waals surface area contributed by atoms with E-state index >= 15 is 0 Å². The van der Waals surface area contributed by atoms with Crippen molar-refractivity contribution in [1.82, 2.24) is 14.5 Å². The number of rotatable bonds is 7. The number of hydrogen-bond acceptors (Lipinski definition) is 3. The summed E-state index contributed by atoms with van der Waals surface area (Å²) in [5.74, 6) is 2.47. The quantitative estimate of drug-likeness (QED) is 0.713. The van der Waals surface area contributed by atoms with Crippen LogP contribution in [0.1, 0.15) is 55.9 Å². The largest absolute Gasteiger partial charge is 0.340 e. The van der Waals surface area contributed by atoms with Crippen molar-refractivity contribution in [2.24, 2.45) is 17.8 Å². The van der Waals surface area contributed by atoms with Gasteiger partial charge < -0.3 is 14.4 Å². The van der Waals surface area contributed by atoms with E-state index in [-0.39, 0.29) is 5.91 Å². The van der Waals surface area contributed by atoms with Gasteiger partial charge >= 0.3 is 0 Å². The average molecular weight is 346 g/mol. The Balaban J connectivity index is 1.74. The van der Waals surface area contributed by atoms with Gasteiger partial charge in [-0.25, -0.2) is 4.98 Å². The van der Waals surface area contributed by atoms with Crippen LogP contribution in [-0.4, -0.2) is 47.4 Å². The first-order chi connectivity index (χ1) is 12.0. The van der Waals surface area contributed by atoms with E-state index in [0.29, 0.717) is 29.8 Å². The molecule has 2 aliphatic rings. The number of carbonyl (C=O) groups excluding carboxylic acids is 2. The summed E-state index contributed by atoms with van der Waals surface area (Å²) in [5, 5.41) is 0. The minimum absolute atomic E-state index is 0.0273. The Bertz CT molecular complexity index is 615. The Kier molecular flexibility index (Phi) is 5.45. The molecule has 3 rings (SSSR count). The maximum atomic E-state index is 13.1. The van der Waals surface area contributed by atoms with E-state index < -0.39 is 0 Å². The fourth-order valence-corrected chi connectivity index (χ4v) is 3.78. The maximum absolute atomic E-state index is 13.1. The van der Waals surface area contributed by atoms with E-state index in [1.165, 1.54) is 43.4 Å². The van der Waals surface area contributed by atoms with Gasteiger partial charge in [-0.2, -0.15) is 0 Å². The molecule has 1 aromatic heterocycles. The molecule has 0 spiro atoms. The Hall–Kier alpha value is -1.85. The molecule has 0 aliphatic heterocycles. The Morgan fingerprint density at radius 3 is 2.44 bits per heavy atom. The zero-order valence-corrected chi connectivity index (χ0v) is 15.6. The van der Waals surface area contributed by atoms with Gasteiger partial charge in [-0.3, -0.25) is 9.59 Å². The highest BCUT2D eigenvalue weighted by Crippen LogP contribution is 2.33. The third-order valence-corrected chi connectivity index (χ3v) is 5.68. The molecule has 6 heteroatoms. The van der Waals surface area contributed by atoms with E-state index in [9.17, 15) is 9.59 Å². The lowest BCUT2D eigenvalue weighted by atomic mass is 9.83. The van der Waals surface area contributed by atoms with Crippen LogP contribution in [0.5, 0.6) is 0 Å². The van der Waals surface area contributed by atoms with Crippen LogP contribution in [0.15, 0.2) is 6.33 Å². The van der Waals surface area contributed by atoms with Crippen molar-refractivity contribution < 1.29 is 9.59 Å². The third kappa shape index (κ3) is 4.22. The maximum Gasteiger partial charge on any atom is 0.274 e. The third-order valence-electron chi connectivity index (χ3n) is 5.68. The monoisotopic (exact) mass is 346 g/mol. The molecule has 6 nitrogen and oxygen atoms in total. The lowest BCUT2D eigenvalue weighted by Crippen LogP contribution is -2.35. The molecule has 0 radical (unpaired) electrons. The number of aromatic nitrogens is 2. The first kappa shape index (κ1) is 18.0. The van der Waals surface area contributed by atoms with Crippen molar-refractivity contribution in [2.75, 3.05) is 25.5 Å². The second-order valence-corrected chi connectivity index (χ2v) is 8.04. The van der Waals surface area contributed by atoms with Gasteiger partial charge in [-0.05, 0) is 43.4 Å². The molecular formula is C19H30N4O2. The molecule has 0 atom stereocenters. The molecule has 138 valence electrons. The molecular weight excluding hydrogens is 316 g/mol. The predicted molar refractivity (Wildman–Crippen MR) is 97.5 cm³/mol. The molecule has 2 fully saturated rings. The lowest BCUT2D eigenvalue weighted by molar-refractivity contribution is -0.107. The van der Waals surface area contributed by atoms with Gasteiger partial charge in [0.15, 0.2) is 11.5 Å². The van der Waals surface area contributed by atoms with Crippen LogP contribution in [0.3, 0.4) is 0 Å². The first-order valence-electron chi connectivity index (χ1n) is 9.48. The Morgan fingerprint density at radius 2 is 1.84 bits per heavy atom. The van der Waals surface area contributed by atoms with Crippen LogP contribution in [-0.2, 0) is 11.3 Å². The molecule has 2 amide bonds. The number of amides is 2. The normalized spacial score (nSPS) is 23.3. The van der Waals surface area contributed by atoms with E-state index in [0.717, 1.165) is 19.0 Å². The van der Waals surface area contributed by atoms with E-state index in [1.807, 2.05) is 16.5 Å². The van der Waals surface area contributed by atoms with Crippen LogP contribution in [0, 0.1) is 17.8 Å². The van der Waals surface area contributed by atoms with Crippen molar-refractivity contribution in [1.29, 1.82) is 0 Å². The zero-order valence-electron chi connectivity index (χ0n) is 15.6. The van der Waals surface area contributed by atoms with Gasteiger partial charge in [0.1, 0.15) is 0 Å². The second kappa shape index (κ2) is 7.58. The molecule has 0 saturated heterocycles. The number of anilines is 1. The van der Waals surface area contributed by atoms with E-state index in [2.05, 4.69) is 11.9 Å². The Morgan fingerprint density at radius 1 is 1.20 bits per heavy atom. The van der Waals surface area contributed by atoms with Gasteiger partial charge in [0.05, 0.1) is 6.33 Å². The fraction of sp³-hybridized carbons (Fsp3) is 0.737. The van der Waals surface area contributed by atoms with E-state index in [1.54, 1.807) is 13.4 Å². The predicted octanol–water partition coefficient (Wildman–Crippen LogP) is 2.78. The molecule has 1 aromatic rings. The highest BCUT2D eigenvalue weighted by Gasteiger charge is 2.30. The minimum Gasteiger partial charge on any atom is -0.340 e. The Labute approximate surface area is 150 Å². The van der Waals surface area contributed by atoms with Gasteiger partial charge in [0, 0.05) is 27.2 Å². The van der Waals surface area contributed by atoms with Gasteiger partial charge in [0.2, 0.25) is 6.41 Å².